The number of ketones is 1. The van der Waals surface area contributed by atoms with Gasteiger partial charge in [0.25, 0.3) is 0 Å². The molecule has 112 valence electrons. The molecule has 20 heavy (non-hydrogen) atoms. The maximum absolute atomic E-state index is 12.6. The first-order valence-electron chi connectivity index (χ1n) is 7.31. The van der Waals surface area contributed by atoms with E-state index in [1.807, 2.05) is 30.8 Å². The van der Waals surface area contributed by atoms with Crippen LogP contribution in [-0.4, -0.2) is 52.3 Å². The minimum absolute atomic E-state index is 0.216. The zero-order valence-electron chi connectivity index (χ0n) is 12.9. The highest BCUT2D eigenvalue weighted by molar-refractivity contribution is 5.89. The van der Waals surface area contributed by atoms with Crippen molar-refractivity contribution < 1.29 is 9.53 Å². The lowest BCUT2D eigenvalue weighted by Crippen LogP contribution is -2.54. The van der Waals surface area contributed by atoms with Crippen molar-refractivity contribution in [2.24, 2.45) is 0 Å². The molecule has 2 rings (SSSR count). The highest BCUT2D eigenvalue weighted by Crippen LogP contribution is 2.19. The van der Waals surface area contributed by atoms with Crippen molar-refractivity contribution in [2.75, 3.05) is 26.3 Å². The van der Waals surface area contributed by atoms with Gasteiger partial charge in [-0.1, -0.05) is 0 Å². The number of morpholine rings is 1. The van der Waals surface area contributed by atoms with Crippen LogP contribution in [0.2, 0.25) is 0 Å². The Morgan fingerprint density at radius 3 is 2.60 bits per heavy atom. The van der Waals surface area contributed by atoms with Crippen LogP contribution >= 0.6 is 0 Å². The van der Waals surface area contributed by atoms with E-state index in [1.54, 1.807) is 0 Å². The van der Waals surface area contributed by atoms with E-state index >= 15 is 0 Å². The highest BCUT2D eigenvalue weighted by atomic mass is 16.5. The van der Waals surface area contributed by atoms with Crippen molar-refractivity contribution in [1.82, 2.24) is 14.7 Å². The van der Waals surface area contributed by atoms with E-state index < -0.39 is 5.54 Å². The van der Waals surface area contributed by atoms with Crippen molar-refractivity contribution in [3.8, 4) is 0 Å². The summed E-state index contributed by atoms with van der Waals surface area (Å²) in [5, 5.41) is 4.46. The number of rotatable bonds is 5. The zero-order valence-corrected chi connectivity index (χ0v) is 12.9. The molecule has 0 bridgehead atoms. The minimum atomic E-state index is -0.453. The molecule has 1 aliphatic heterocycles. The number of hydrogen-bond donors (Lipinski definition) is 0. The molecule has 5 heteroatoms. The minimum Gasteiger partial charge on any atom is -0.379 e. The van der Waals surface area contributed by atoms with Gasteiger partial charge in [-0.3, -0.25) is 14.4 Å². The summed E-state index contributed by atoms with van der Waals surface area (Å²) in [5.74, 6) is 0.216. The molecule has 0 saturated carbocycles. The Labute approximate surface area is 120 Å². The summed E-state index contributed by atoms with van der Waals surface area (Å²) < 4.78 is 7.25. The largest absolute Gasteiger partial charge is 0.379 e. The monoisotopic (exact) mass is 279 g/mol. The number of carbonyl (C=O) groups is 1. The van der Waals surface area contributed by atoms with Crippen molar-refractivity contribution in [1.29, 1.82) is 0 Å². The number of aromatic nitrogens is 2. The predicted octanol–water partition coefficient (Wildman–Crippen LogP) is 1.69. The summed E-state index contributed by atoms with van der Waals surface area (Å²) in [4.78, 5) is 14.8. The molecule has 0 amide bonds. The Kier molecular flexibility index (Phi) is 4.60. The lowest BCUT2D eigenvalue weighted by molar-refractivity contribution is -0.131. The van der Waals surface area contributed by atoms with Crippen LogP contribution in [0.15, 0.2) is 12.3 Å². The van der Waals surface area contributed by atoms with E-state index in [1.165, 1.54) is 0 Å². The first-order chi connectivity index (χ1) is 9.41. The first-order valence-corrected chi connectivity index (χ1v) is 7.31. The first kappa shape index (κ1) is 15.2. The Hall–Kier alpha value is -1.20. The summed E-state index contributed by atoms with van der Waals surface area (Å²) in [6, 6.07) is 2.26. The molecule has 1 aromatic heterocycles. The second-order valence-electron chi connectivity index (χ2n) is 6.14. The van der Waals surface area contributed by atoms with Gasteiger partial charge in [-0.15, -0.1) is 0 Å². The summed E-state index contributed by atoms with van der Waals surface area (Å²) in [7, 11) is 0. The third kappa shape index (κ3) is 3.27. The van der Waals surface area contributed by atoms with Gasteiger partial charge < -0.3 is 4.74 Å². The quantitative estimate of drug-likeness (QED) is 0.823. The number of carbonyl (C=O) groups excluding carboxylic acids is 1. The second kappa shape index (κ2) is 6.06. The lowest BCUT2D eigenvalue weighted by Gasteiger charge is -2.39. The lowest BCUT2D eigenvalue weighted by atomic mass is 9.93. The van der Waals surface area contributed by atoms with Crippen molar-refractivity contribution in [3.63, 3.8) is 0 Å². The molecule has 0 unspecified atom stereocenters. The van der Waals surface area contributed by atoms with E-state index in [9.17, 15) is 4.79 Å². The molecular weight excluding hydrogens is 254 g/mol. The van der Waals surface area contributed by atoms with Gasteiger partial charge in [0.15, 0.2) is 5.78 Å². The van der Waals surface area contributed by atoms with Crippen LogP contribution in [-0.2, 0) is 16.0 Å². The summed E-state index contributed by atoms with van der Waals surface area (Å²) in [6.07, 6.45) is 2.33. The summed E-state index contributed by atoms with van der Waals surface area (Å²) in [5.41, 5.74) is 0.399. The van der Waals surface area contributed by atoms with Crippen LogP contribution in [0.25, 0.3) is 0 Å². The van der Waals surface area contributed by atoms with Crippen LogP contribution < -0.4 is 0 Å². The number of Topliss-reactive ketones (excluding diaryl/α,β-unsaturated/α-hetero) is 1. The highest BCUT2D eigenvalue weighted by Gasteiger charge is 2.35. The predicted molar refractivity (Wildman–Crippen MR) is 77.8 cm³/mol. The van der Waals surface area contributed by atoms with Gasteiger partial charge in [0.2, 0.25) is 0 Å². The molecule has 0 aromatic carbocycles. The van der Waals surface area contributed by atoms with Crippen molar-refractivity contribution in [3.05, 3.63) is 18.0 Å². The molecular formula is C15H25N3O2. The molecule has 0 radical (unpaired) electrons. The Balaban J connectivity index is 2.01. The van der Waals surface area contributed by atoms with Crippen molar-refractivity contribution in [2.45, 2.75) is 45.7 Å². The number of nitrogens with zero attached hydrogens (tertiary/aromatic N) is 3. The third-order valence-corrected chi connectivity index (χ3v) is 4.02. The fourth-order valence-corrected chi connectivity index (χ4v) is 2.44. The molecule has 1 saturated heterocycles. The molecule has 1 aliphatic rings. The Bertz CT molecular complexity index is 459. The van der Waals surface area contributed by atoms with Crippen LogP contribution in [0.1, 0.15) is 39.4 Å². The van der Waals surface area contributed by atoms with E-state index in [0.717, 1.165) is 18.8 Å². The zero-order chi connectivity index (χ0) is 14.8. The summed E-state index contributed by atoms with van der Waals surface area (Å²) in [6.45, 7) is 11.2. The standard InChI is InChI=1S/C15H25N3O2/c1-12(2)18-6-5-13(16-18)11-14(19)15(3,4)17-7-9-20-10-8-17/h5-6,12H,7-11H2,1-4H3. The topological polar surface area (TPSA) is 47.4 Å². The average Bonchev–Trinajstić information content (AvgIpc) is 2.88. The molecule has 2 heterocycles. The van der Waals surface area contributed by atoms with E-state index in [-0.39, 0.29) is 5.78 Å². The average molecular weight is 279 g/mol. The van der Waals surface area contributed by atoms with E-state index in [0.29, 0.717) is 25.7 Å². The maximum Gasteiger partial charge on any atom is 0.158 e. The Morgan fingerprint density at radius 1 is 1.40 bits per heavy atom. The van der Waals surface area contributed by atoms with Crippen LogP contribution in [0, 0.1) is 0 Å². The van der Waals surface area contributed by atoms with E-state index in [4.69, 9.17) is 4.74 Å². The van der Waals surface area contributed by atoms with Gasteiger partial charge in [-0.25, -0.2) is 0 Å². The molecule has 5 nitrogen and oxygen atoms in total. The van der Waals surface area contributed by atoms with Gasteiger partial charge in [-0.05, 0) is 33.8 Å². The van der Waals surface area contributed by atoms with Gasteiger partial charge in [0, 0.05) is 25.3 Å². The molecule has 0 spiro atoms. The summed E-state index contributed by atoms with van der Waals surface area (Å²) >= 11 is 0. The second-order valence-corrected chi connectivity index (χ2v) is 6.14. The van der Waals surface area contributed by atoms with Crippen molar-refractivity contribution >= 4 is 5.78 Å². The molecule has 0 aliphatic carbocycles. The SMILES string of the molecule is CC(C)n1ccc(CC(=O)C(C)(C)N2CCOCC2)n1. The van der Waals surface area contributed by atoms with Crippen LogP contribution in [0.3, 0.4) is 0 Å². The fraction of sp³-hybridized carbons (Fsp3) is 0.733. The number of ether oxygens (including phenoxy) is 1. The van der Waals surface area contributed by atoms with Gasteiger partial charge in [0.1, 0.15) is 0 Å². The Morgan fingerprint density at radius 2 is 2.05 bits per heavy atom. The van der Waals surface area contributed by atoms with Gasteiger partial charge in [-0.2, -0.15) is 5.10 Å². The smallest absolute Gasteiger partial charge is 0.158 e. The van der Waals surface area contributed by atoms with Crippen LogP contribution in [0.4, 0.5) is 0 Å². The molecule has 0 atom stereocenters. The van der Waals surface area contributed by atoms with Gasteiger partial charge in [0.05, 0.1) is 30.9 Å². The molecule has 1 aromatic rings. The molecule has 0 N–H and O–H groups in total. The normalized spacial score (nSPS) is 17.6. The molecule has 1 fully saturated rings. The third-order valence-electron chi connectivity index (χ3n) is 4.02. The maximum atomic E-state index is 12.6. The van der Waals surface area contributed by atoms with Crippen LogP contribution in [0.5, 0.6) is 0 Å². The van der Waals surface area contributed by atoms with Gasteiger partial charge >= 0.3 is 0 Å². The van der Waals surface area contributed by atoms with E-state index in [2.05, 4.69) is 23.8 Å². The number of hydrogen-bond acceptors (Lipinski definition) is 4. The fourth-order valence-electron chi connectivity index (χ4n) is 2.44.